The van der Waals surface area contributed by atoms with Crippen LogP contribution in [-0.4, -0.2) is 18.4 Å². The fourth-order valence-corrected chi connectivity index (χ4v) is 3.46. The highest BCUT2D eigenvalue weighted by Crippen LogP contribution is 2.35. The van der Waals surface area contributed by atoms with E-state index in [0.717, 1.165) is 11.1 Å². The molecule has 4 nitrogen and oxygen atoms in total. The van der Waals surface area contributed by atoms with Crippen molar-refractivity contribution in [3.63, 3.8) is 0 Å². The van der Waals surface area contributed by atoms with E-state index in [1.165, 1.54) is 0 Å². The van der Waals surface area contributed by atoms with Gasteiger partial charge in [-0.15, -0.1) is 0 Å². The summed E-state index contributed by atoms with van der Waals surface area (Å²) < 4.78 is 12.2. The fourth-order valence-electron chi connectivity index (χ4n) is 3.46. The van der Waals surface area contributed by atoms with Crippen LogP contribution in [0.4, 0.5) is 0 Å². The summed E-state index contributed by atoms with van der Waals surface area (Å²) in [6.45, 7) is 6.35. The van der Waals surface area contributed by atoms with E-state index < -0.39 is 11.3 Å². The lowest BCUT2D eigenvalue weighted by molar-refractivity contribution is -0.286. The van der Waals surface area contributed by atoms with Crippen molar-refractivity contribution in [2.24, 2.45) is 0 Å². The molecule has 3 atom stereocenters. The summed E-state index contributed by atoms with van der Waals surface area (Å²) in [4.78, 5) is 0. The quantitative estimate of drug-likeness (QED) is 0.873. The van der Waals surface area contributed by atoms with Crippen molar-refractivity contribution in [2.75, 3.05) is 6.61 Å². The van der Waals surface area contributed by atoms with E-state index in [4.69, 9.17) is 9.47 Å². The van der Waals surface area contributed by atoms with Gasteiger partial charge in [-0.05, 0) is 31.4 Å². The third-order valence-corrected chi connectivity index (χ3v) is 4.93. The van der Waals surface area contributed by atoms with Crippen LogP contribution >= 0.6 is 0 Å². The Morgan fingerprint density at radius 2 is 1.73 bits per heavy atom. The molecule has 136 valence electrons. The summed E-state index contributed by atoms with van der Waals surface area (Å²) >= 11 is 0. The Morgan fingerprint density at radius 1 is 1.12 bits per heavy atom. The van der Waals surface area contributed by atoms with E-state index in [1.54, 1.807) is 0 Å². The first kappa shape index (κ1) is 18.6. The molecule has 1 N–H and O–H groups in total. The zero-order chi connectivity index (χ0) is 18.6. The van der Waals surface area contributed by atoms with Crippen molar-refractivity contribution in [3.8, 4) is 6.07 Å². The number of rotatable bonds is 5. The van der Waals surface area contributed by atoms with Crippen LogP contribution in [0.25, 0.3) is 0 Å². The maximum atomic E-state index is 10.0. The smallest absolute Gasteiger partial charge is 0.163 e. The predicted molar refractivity (Wildman–Crippen MR) is 101 cm³/mol. The Morgan fingerprint density at radius 3 is 2.31 bits per heavy atom. The molecular formula is C22H26N2O2. The molecule has 0 spiro atoms. The van der Waals surface area contributed by atoms with Gasteiger partial charge in [0.1, 0.15) is 11.6 Å². The lowest BCUT2D eigenvalue weighted by atomic mass is 9.86. The topological polar surface area (TPSA) is 54.3 Å². The van der Waals surface area contributed by atoms with Crippen LogP contribution in [0.1, 0.15) is 44.4 Å². The first-order valence-corrected chi connectivity index (χ1v) is 9.11. The monoisotopic (exact) mass is 350 g/mol. The molecule has 0 aromatic heterocycles. The Balaban J connectivity index is 1.93. The van der Waals surface area contributed by atoms with Crippen LogP contribution in [0.5, 0.6) is 0 Å². The molecule has 2 aromatic rings. The van der Waals surface area contributed by atoms with Crippen molar-refractivity contribution in [1.29, 1.82) is 5.26 Å². The number of hydrogen-bond donors (Lipinski definition) is 1. The molecule has 26 heavy (non-hydrogen) atoms. The van der Waals surface area contributed by atoms with Gasteiger partial charge in [0, 0.05) is 0 Å². The van der Waals surface area contributed by atoms with Crippen LogP contribution in [0.15, 0.2) is 60.7 Å². The summed E-state index contributed by atoms with van der Waals surface area (Å²) in [7, 11) is 0. The average molecular weight is 350 g/mol. The van der Waals surface area contributed by atoms with E-state index in [1.807, 2.05) is 69.3 Å². The second-order valence-electron chi connectivity index (χ2n) is 7.15. The number of nitrogens with zero attached hydrogens (tertiary/aromatic N) is 1. The van der Waals surface area contributed by atoms with Crippen molar-refractivity contribution >= 4 is 0 Å². The molecule has 1 aliphatic heterocycles. The van der Waals surface area contributed by atoms with Crippen molar-refractivity contribution in [1.82, 2.24) is 5.32 Å². The molecule has 0 bridgehead atoms. The molecule has 1 heterocycles. The SMILES string of the molecule is CC[C@@](C#N)(N[C@H]1COC(C)(C)O[C@H]1c1ccccc1)c1ccccc1. The van der Waals surface area contributed by atoms with E-state index in [0.29, 0.717) is 13.0 Å². The van der Waals surface area contributed by atoms with Crippen LogP contribution in [-0.2, 0) is 15.0 Å². The number of hydrogen-bond acceptors (Lipinski definition) is 4. The second kappa shape index (κ2) is 7.59. The highest BCUT2D eigenvalue weighted by Gasteiger charge is 2.42. The largest absolute Gasteiger partial charge is 0.349 e. The summed E-state index contributed by atoms with van der Waals surface area (Å²) in [6, 6.07) is 22.4. The molecule has 3 rings (SSSR count). The summed E-state index contributed by atoms with van der Waals surface area (Å²) in [5, 5.41) is 13.6. The first-order valence-electron chi connectivity index (χ1n) is 9.11. The third-order valence-electron chi connectivity index (χ3n) is 4.93. The highest BCUT2D eigenvalue weighted by molar-refractivity contribution is 5.32. The Labute approximate surface area is 155 Å². The van der Waals surface area contributed by atoms with Crippen molar-refractivity contribution in [2.45, 2.75) is 50.7 Å². The lowest BCUT2D eigenvalue weighted by Crippen LogP contribution is -2.56. The van der Waals surface area contributed by atoms with Crippen molar-refractivity contribution in [3.05, 3.63) is 71.8 Å². The second-order valence-corrected chi connectivity index (χ2v) is 7.15. The van der Waals surface area contributed by atoms with Crippen molar-refractivity contribution < 1.29 is 9.47 Å². The van der Waals surface area contributed by atoms with Crippen LogP contribution in [0, 0.1) is 11.3 Å². The van der Waals surface area contributed by atoms with Crippen LogP contribution in [0.3, 0.4) is 0 Å². The van der Waals surface area contributed by atoms with Gasteiger partial charge in [-0.3, -0.25) is 5.32 Å². The van der Waals surface area contributed by atoms with Gasteiger partial charge in [0.05, 0.1) is 18.7 Å². The number of ether oxygens (including phenoxy) is 2. The minimum Gasteiger partial charge on any atom is -0.349 e. The van der Waals surface area contributed by atoms with Gasteiger partial charge in [0.15, 0.2) is 5.79 Å². The number of nitrogens with one attached hydrogen (secondary N) is 1. The number of benzene rings is 2. The Kier molecular flexibility index (Phi) is 5.43. The molecule has 4 heteroatoms. The molecule has 1 saturated heterocycles. The van der Waals surface area contributed by atoms with Gasteiger partial charge in [-0.1, -0.05) is 67.6 Å². The van der Waals surface area contributed by atoms with E-state index in [-0.39, 0.29) is 12.1 Å². The normalized spacial score (nSPS) is 24.4. The Hall–Kier alpha value is -2.19. The molecule has 0 amide bonds. The molecule has 2 aromatic carbocycles. The minimum absolute atomic E-state index is 0.134. The third kappa shape index (κ3) is 3.81. The molecule has 0 aliphatic carbocycles. The van der Waals surface area contributed by atoms with Crippen LogP contribution in [0.2, 0.25) is 0 Å². The molecule has 1 aliphatic rings. The van der Waals surface area contributed by atoms with Gasteiger partial charge >= 0.3 is 0 Å². The van der Waals surface area contributed by atoms with E-state index in [9.17, 15) is 5.26 Å². The highest BCUT2D eigenvalue weighted by atomic mass is 16.7. The van der Waals surface area contributed by atoms with Gasteiger partial charge in [0.2, 0.25) is 0 Å². The maximum absolute atomic E-state index is 10.0. The molecule has 0 radical (unpaired) electrons. The van der Waals surface area contributed by atoms with Gasteiger partial charge in [-0.25, -0.2) is 0 Å². The molecule has 0 saturated carbocycles. The average Bonchev–Trinajstić information content (AvgIpc) is 2.68. The molecular weight excluding hydrogens is 324 g/mol. The van der Waals surface area contributed by atoms with Gasteiger partial charge < -0.3 is 9.47 Å². The first-order chi connectivity index (χ1) is 12.5. The number of nitriles is 1. The lowest BCUT2D eigenvalue weighted by Gasteiger charge is -2.44. The zero-order valence-electron chi connectivity index (χ0n) is 15.6. The van der Waals surface area contributed by atoms with E-state index >= 15 is 0 Å². The summed E-state index contributed by atoms with van der Waals surface area (Å²) in [5.74, 6) is -0.660. The zero-order valence-corrected chi connectivity index (χ0v) is 15.6. The van der Waals surface area contributed by atoms with Crippen LogP contribution < -0.4 is 5.32 Å². The summed E-state index contributed by atoms with van der Waals surface area (Å²) in [5.41, 5.74) is 1.26. The minimum atomic E-state index is -0.785. The molecule has 1 fully saturated rings. The van der Waals surface area contributed by atoms with Gasteiger partial charge in [-0.2, -0.15) is 5.26 Å². The fraction of sp³-hybridized carbons (Fsp3) is 0.409. The summed E-state index contributed by atoms with van der Waals surface area (Å²) in [6.07, 6.45) is 0.456. The Bertz CT molecular complexity index is 755. The predicted octanol–water partition coefficient (Wildman–Crippen LogP) is 4.30. The standard InChI is InChI=1S/C22H26N2O2/c1-4-22(16-23,18-13-9-6-10-14-18)24-19-15-25-21(2,3)26-20(19)17-11-7-5-8-12-17/h5-14,19-20,24H,4,15H2,1-3H3/t19-,20-,22-/m0/s1. The van der Waals surface area contributed by atoms with E-state index in [2.05, 4.69) is 23.5 Å². The maximum Gasteiger partial charge on any atom is 0.163 e. The molecule has 0 unspecified atom stereocenters. The van der Waals surface area contributed by atoms with Gasteiger partial charge in [0.25, 0.3) is 0 Å².